The van der Waals surface area contributed by atoms with Crippen LogP contribution in [0.5, 0.6) is 0 Å². The number of nitrogens with two attached hydrogens (primary N) is 1. The molecule has 0 amide bonds. The molecule has 1 aromatic heterocycles. The monoisotopic (exact) mass is 255 g/mol. The molecule has 0 aliphatic rings. The lowest BCUT2D eigenvalue weighted by Crippen LogP contribution is -2.31. The zero-order valence-corrected chi connectivity index (χ0v) is 11.4. The third-order valence-electron chi connectivity index (χ3n) is 2.46. The Labute approximate surface area is 106 Å². The normalized spacial score (nSPS) is 12.2. The predicted molar refractivity (Wildman–Crippen MR) is 76.4 cm³/mol. The third-order valence-corrected chi connectivity index (χ3v) is 3.51. The molecule has 0 fully saturated rings. The minimum atomic E-state index is 0.388. The predicted octanol–water partition coefficient (Wildman–Crippen LogP) is 1.90. The van der Waals surface area contributed by atoms with Gasteiger partial charge in [0.2, 0.25) is 0 Å². The van der Waals surface area contributed by atoms with E-state index in [1.165, 1.54) is 0 Å². The quantitative estimate of drug-likeness (QED) is 0.814. The molecule has 2 N–H and O–H groups in total. The van der Waals surface area contributed by atoms with E-state index in [4.69, 9.17) is 18.0 Å². The molecule has 1 aromatic rings. The van der Waals surface area contributed by atoms with E-state index < -0.39 is 0 Å². The van der Waals surface area contributed by atoms with Gasteiger partial charge in [-0.1, -0.05) is 12.2 Å². The second kappa shape index (κ2) is 6.06. The molecule has 1 atom stereocenters. The fraction of sp³-hybridized carbons (Fsp3) is 0.455. The van der Waals surface area contributed by atoms with Gasteiger partial charge in [0.25, 0.3) is 0 Å². The molecule has 1 unspecified atom stereocenters. The Morgan fingerprint density at radius 1 is 1.62 bits per heavy atom. The molecule has 0 aliphatic heterocycles. The van der Waals surface area contributed by atoms with E-state index >= 15 is 0 Å². The summed E-state index contributed by atoms with van der Waals surface area (Å²) in [6, 6.07) is 4.32. The van der Waals surface area contributed by atoms with Gasteiger partial charge in [0, 0.05) is 30.6 Å². The Bertz CT molecular complexity index is 351. The van der Waals surface area contributed by atoms with Gasteiger partial charge in [0.1, 0.15) is 10.8 Å². The lowest BCUT2D eigenvalue weighted by molar-refractivity contribution is 0.753. The minimum Gasteiger partial charge on any atom is -0.389 e. The fourth-order valence-corrected chi connectivity index (χ4v) is 2.15. The van der Waals surface area contributed by atoms with E-state index in [2.05, 4.69) is 23.1 Å². The van der Waals surface area contributed by atoms with Crippen molar-refractivity contribution in [2.75, 3.05) is 24.0 Å². The molecule has 0 bridgehead atoms. The third kappa shape index (κ3) is 3.35. The van der Waals surface area contributed by atoms with E-state index in [1.807, 2.05) is 30.9 Å². The van der Waals surface area contributed by atoms with Crippen LogP contribution in [0.4, 0.5) is 5.82 Å². The summed E-state index contributed by atoms with van der Waals surface area (Å²) in [5.41, 5.74) is 6.33. The van der Waals surface area contributed by atoms with Crippen molar-refractivity contribution in [3.05, 3.63) is 23.9 Å². The van der Waals surface area contributed by atoms with Crippen LogP contribution >= 0.6 is 24.0 Å². The summed E-state index contributed by atoms with van der Waals surface area (Å²) >= 11 is 6.72. The van der Waals surface area contributed by atoms with Crippen molar-refractivity contribution in [2.45, 2.75) is 13.0 Å². The standard InChI is InChI=1S/C11H17N3S2/c1-8(7-16-3)14(2)10-5-4-9(6-13-10)11(12)15/h4-6,8H,7H2,1-3H3,(H2,12,15). The average molecular weight is 255 g/mol. The summed E-state index contributed by atoms with van der Waals surface area (Å²) in [5, 5.41) is 0. The van der Waals surface area contributed by atoms with E-state index in [9.17, 15) is 0 Å². The molecule has 0 saturated heterocycles. The van der Waals surface area contributed by atoms with Crippen molar-refractivity contribution in [2.24, 2.45) is 5.73 Å². The molecule has 0 saturated carbocycles. The Balaban J connectivity index is 2.77. The zero-order chi connectivity index (χ0) is 12.1. The Kier molecular flexibility index (Phi) is 5.02. The molecular weight excluding hydrogens is 238 g/mol. The first-order valence-corrected chi connectivity index (χ1v) is 6.84. The number of hydrogen-bond donors (Lipinski definition) is 1. The molecule has 0 radical (unpaired) electrons. The Morgan fingerprint density at radius 3 is 2.75 bits per heavy atom. The van der Waals surface area contributed by atoms with Crippen molar-refractivity contribution in [1.82, 2.24) is 4.98 Å². The molecule has 1 rings (SSSR count). The highest BCUT2D eigenvalue weighted by atomic mass is 32.2. The van der Waals surface area contributed by atoms with Crippen LogP contribution in [-0.4, -0.2) is 35.1 Å². The minimum absolute atomic E-state index is 0.388. The topological polar surface area (TPSA) is 42.1 Å². The molecular formula is C11H17N3S2. The fourth-order valence-electron chi connectivity index (χ4n) is 1.32. The van der Waals surface area contributed by atoms with Gasteiger partial charge in [-0.25, -0.2) is 4.98 Å². The van der Waals surface area contributed by atoms with Crippen molar-refractivity contribution in [3.8, 4) is 0 Å². The summed E-state index contributed by atoms with van der Waals surface area (Å²) in [4.78, 5) is 6.89. The van der Waals surface area contributed by atoms with Gasteiger partial charge in [-0.05, 0) is 25.3 Å². The van der Waals surface area contributed by atoms with Crippen LogP contribution in [0.2, 0.25) is 0 Å². The molecule has 88 valence electrons. The van der Waals surface area contributed by atoms with Crippen molar-refractivity contribution in [1.29, 1.82) is 0 Å². The van der Waals surface area contributed by atoms with Gasteiger partial charge in [0.05, 0.1) is 0 Å². The summed E-state index contributed by atoms with van der Waals surface area (Å²) in [5.74, 6) is 2.02. The summed E-state index contributed by atoms with van der Waals surface area (Å²) in [7, 11) is 2.05. The van der Waals surface area contributed by atoms with Crippen LogP contribution in [0.1, 0.15) is 12.5 Å². The van der Waals surface area contributed by atoms with Gasteiger partial charge in [-0.3, -0.25) is 0 Å². The van der Waals surface area contributed by atoms with Crippen LogP contribution in [0.15, 0.2) is 18.3 Å². The molecule has 0 aliphatic carbocycles. The molecule has 16 heavy (non-hydrogen) atoms. The van der Waals surface area contributed by atoms with Crippen LogP contribution in [0.25, 0.3) is 0 Å². The first-order valence-electron chi connectivity index (χ1n) is 5.04. The molecule has 5 heteroatoms. The van der Waals surface area contributed by atoms with E-state index in [0.29, 0.717) is 11.0 Å². The van der Waals surface area contributed by atoms with Crippen LogP contribution < -0.4 is 10.6 Å². The average Bonchev–Trinajstić information content (AvgIpc) is 2.28. The van der Waals surface area contributed by atoms with Crippen LogP contribution in [0, 0.1) is 0 Å². The van der Waals surface area contributed by atoms with Crippen LogP contribution in [0.3, 0.4) is 0 Å². The number of thioether (sulfide) groups is 1. The van der Waals surface area contributed by atoms with E-state index in [-0.39, 0.29) is 0 Å². The van der Waals surface area contributed by atoms with Crippen LogP contribution in [-0.2, 0) is 0 Å². The van der Waals surface area contributed by atoms with Gasteiger partial charge >= 0.3 is 0 Å². The number of rotatable bonds is 5. The maximum absolute atomic E-state index is 5.52. The molecule has 3 nitrogen and oxygen atoms in total. The molecule has 1 heterocycles. The van der Waals surface area contributed by atoms with E-state index in [0.717, 1.165) is 17.1 Å². The Hall–Kier alpha value is -0.810. The lowest BCUT2D eigenvalue weighted by atomic mass is 10.2. The highest BCUT2D eigenvalue weighted by Crippen LogP contribution is 2.14. The maximum Gasteiger partial charge on any atom is 0.128 e. The van der Waals surface area contributed by atoms with Crippen molar-refractivity contribution >= 4 is 34.8 Å². The first-order chi connectivity index (χ1) is 7.56. The van der Waals surface area contributed by atoms with Gasteiger partial charge in [-0.2, -0.15) is 11.8 Å². The van der Waals surface area contributed by atoms with E-state index in [1.54, 1.807) is 6.20 Å². The highest BCUT2D eigenvalue weighted by Gasteiger charge is 2.10. The number of anilines is 1. The smallest absolute Gasteiger partial charge is 0.128 e. The number of hydrogen-bond acceptors (Lipinski definition) is 4. The lowest BCUT2D eigenvalue weighted by Gasteiger charge is -2.25. The Morgan fingerprint density at radius 2 is 2.31 bits per heavy atom. The number of nitrogens with zero attached hydrogens (tertiary/aromatic N) is 2. The van der Waals surface area contributed by atoms with Crippen molar-refractivity contribution < 1.29 is 0 Å². The first kappa shape index (κ1) is 13.3. The highest BCUT2D eigenvalue weighted by molar-refractivity contribution is 7.98. The second-order valence-corrected chi connectivity index (χ2v) is 5.04. The number of thiocarbonyl (C=S) groups is 1. The SMILES string of the molecule is CSCC(C)N(C)c1ccc(C(N)=S)cn1. The number of aromatic nitrogens is 1. The second-order valence-electron chi connectivity index (χ2n) is 3.68. The summed E-state index contributed by atoms with van der Waals surface area (Å²) in [6.07, 6.45) is 3.83. The van der Waals surface area contributed by atoms with Crippen molar-refractivity contribution in [3.63, 3.8) is 0 Å². The summed E-state index contributed by atoms with van der Waals surface area (Å²) in [6.45, 7) is 2.18. The van der Waals surface area contributed by atoms with Gasteiger partial charge in [-0.15, -0.1) is 0 Å². The molecule has 0 aromatic carbocycles. The summed E-state index contributed by atoms with van der Waals surface area (Å²) < 4.78 is 0. The maximum atomic E-state index is 5.52. The largest absolute Gasteiger partial charge is 0.389 e. The molecule has 0 spiro atoms. The van der Waals surface area contributed by atoms with Gasteiger partial charge in [0.15, 0.2) is 0 Å². The zero-order valence-electron chi connectivity index (χ0n) is 9.80. The van der Waals surface area contributed by atoms with Gasteiger partial charge < -0.3 is 10.6 Å². The number of pyridine rings is 1.